The van der Waals surface area contributed by atoms with E-state index in [4.69, 9.17) is 14.7 Å². The van der Waals surface area contributed by atoms with E-state index in [1.807, 2.05) is 9.13 Å². The number of sulfone groups is 2. The standard InChI is InChI=1S/C29H28F3N3O5S.C28H26F3N3O5S/c1-3-41(37,38)24-9-4-18(5-10-24)16-33-28(36)21-8-11-26-25(14-21)34-27(20-6-7-20)35(26)17-19-12-22(39-2)15-23(13-19)40-29(30,31)32;1-2-40(37,38)23-8-3-17(4-9-23)15-32-27(36)20-7-10-25-24(13-20)33-26(19-5-6-19)34(25)16-18-11-21(35)14-22(12-18)39-28(29,30)31/h4-5,8-15,20H,3,6-7,16-17H2,1-2H3,(H,33,36);3-4,7-14,19,35H,2,5-6,15-16H2,1H3,(H,32,36). The van der Waals surface area contributed by atoms with Crippen molar-refractivity contribution >= 4 is 53.6 Å². The highest BCUT2D eigenvalue weighted by molar-refractivity contribution is 7.91. The quantitative estimate of drug-likeness (QED) is 0.0646. The van der Waals surface area contributed by atoms with Crippen molar-refractivity contribution in [1.29, 1.82) is 0 Å². The summed E-state index contributed by atoms with van der Waals surface area (Å²) in [5.74, 6) is 0.361. The van der Waals surface area contributed by atoms with Crippen molar-refractivity contribution in [2.45, 2.75) is 100 Å². The Kier molecular flexibility index (Phi) is 16.5. The molecule has 8 aromatic rings. The van der Waals surface area contributed by atoms with Gasteiger partial charge >= 0.3 is 12.7 Å². The Labute approximate surface area is 461 Å². The Hall–Kier alpha value is -8.12. The Bertz CT molecular complexity index is 3880. The van der Waals surface area contributed by atoms with E-state index in [1.165, 1.54) is 55.6 Å². The van der Waals surface area contributed by atoms with Crippen molar-refractivity contribution in [2.75, 3.05) is 18.6 Å². The molecule has 426 valence electrons. The number of benzene rings is 6. The lowest BCUT2D eigenvalue weighted by Gasteiger charge is -2.14. The average molecular weight is 1160 g/mol. The lowest BCUT2D eigenvalue weighted by molar-refractivity contribution is -0.275. The minimum absolute atomic E-state index is 0.00507. The van der Waals surface area contributed by atoms with Gasteiger partial charge in [0.05, 0.1) is 50.5 Å². The minimum Gasteiger partial charge on any atom is -0.508 e. The lowest BCUT2D eigenvalue weighted by Crippen LogP contribution is -2.22. The molecule has 0 atom stereocenters. The number of hydrogen-bond acceptors (Lipinski definition) is 12. The summed E-state index contributed by atoms with van der Waals surface area (Å²) in [6.45, 7) is 3.96. The minimum atomic E-state index is -4.89. The van der Waals surface area contributed by atoms with Crippen LogP contribution in [0.15, 0.2) is 131 Å². The Morgan fingerprint density at radius 1 is 0.556 bits per heavy atom. The maximum Gasteiger partial charge on any atom is 0.573 e. The zero-order chi connectivity index (χ0) is 58.0. The molecule has 6 aromatic carbocycles. The van der Waals surface area contributed by atoms with Gasteiger partial charge in [-0.05, 0) is 133 Å². The first-order valence-electron chi connectivity index (χ1n) is 25.6. The molecule has 0 unspecified atom stereocenters. The van der Waals surface area contributed by atoms with Crippen LogP contribution < -0.4 is 24.8 Å². The van der Waals surface area contributed by atoms with Crippen LogP contribution in [0.5, 0.6) is 23.0 Å². The van der Waals surface area contributed by atoms with Crippen LogP contribution in [0.1, 0.15) is 106 Å². The third kappa shape index (κ3) is 14.4. The molecule has 3 N–H and O–H groups in total. The number of fused-ring (bicyclic) bond motifs is 2. The number of carbonyl (C=O) groups excluding carboxylic acids is 2. The molecule has 2 aliphatic carbocycles. The molecule has 2 aliphatic rings. The van der Waals surface area contributed by atoms with Crippen LogP contribution in [0.25, 0.3) is 22.1 Å². The maximum absolute atomic E-state index is 12.9. The van der Waals surface area contributed by atoms with Gasteiger partial charge in [-0.15, -0.1) is 26.3 Å². The first-order chi connectivity index (χ1) is 38.4. The molecule has 24 heteroatoms. The molecule has 10 rings (SSSR count). The van der Waals surface area contributed by atoms with Gasteiger partial charge in [0.25, 0.3) is 11.8 Å². The Morgan fingerprint density at radius 2 is 0.951 bits per heavy atom. The monoisotopic (exact) mass is 1160 g/mol. The normalized spacial score (nSPS) is 13.8. The summed E-state index contributed by atoms with van der Waals surface area (Å²) in [5, 5.41) is 15.6. The topological polar surface area (TPSA) is 210 Å². The number of aromatic nitrogens is 4. The van der Waals surface area contributed by atoms with Gasteiger partial charge in [0, 0.05) is 61.3 Å². The molecule has 16 nitrogen and oxygen atoms in total. The number of phenolic OH excluding ortho intramolecular Hbond substituents is 1. The molecule has 2 saturated carbocycles. The van der Waals surface area contributed by atoms with Gasteiger partial charge in [0.2, 0.25) is 0 Å². The highest BCUT2D eigenvalue weighted by Gasteiger charge is 2.34. The Balaban J connectivity index is 0.000000196. The van der Waals surface area contributed by atoms with Gasteiger partial charge in [-0.3, -0.25) is 9.59 Å². The van der Waals surface area contributed by atoms with Gasteiger partial charge < -0.3 is 39.1 Å². The average Bonchev–Trinajstić information content (AvgIpc) is 4.57. The largest absolute Gasteiger partial charge is 0.573 e. The molecule has 0 aliphatic heterocycles. The molecule has 2 amide bonds. The summed E-state index contributed by atoms with van der Waals surface area (Å²) in [7, 11) is -5.23. The lowest BCUT2D eigenvalue weighted by atomic mass is 10.1. The van der Waals surface area contributed by atoms with Crippen molar-refractivity contribution in [2.24, 2.45) is 0 Å². The fourth-order valence-corrected chi connectivity index (χ4v) is 10.8. The van der Waals surface area contributed by atoms with Gasteiger partial charge in [-0.25, -0.2) is 26.8 Å². The highest BCUT2D eigenvalue weighted by Crippen LogP contribution is 2.43. The smallest absolute Gasteiger partial charge is 0.508 e. The second-order valence-corrected chi connectivity index (χ2v) is 24.0. The number of carbonyl (C=O) groups is 2. The number of rotatable bonds is 19. The molecule has 0 radical (unpaired) electrons. The predicted molar refractivity (Wildman–Crippen MR) is 287 cm³/mol. The van der Waals surface area contributed by atoms with Crippen LogP contribution in [0.3, 0.4) is 0 Å². The summed E-state index contributed by atoms with van der Waals surface area (Å²) in [6.07, 6.45) is -5.96. The number of nitrogens with one attached hydrogen (secondary N) is 2. The number of aromatic hydroxyl groups is 1. The third-order valence-corrected chi connectivity index (χ3v) is 17.0. The molecule has 2 aromatic heterocycles. The van der Waals surface area contributed by atoms with Crippen LogP contribution in [0.4, 0.5) is 26.3 Å². The van der Waals surface area contributed by atoms with Gasteiger partial charge in [0.1, 0.15) is 34.6 Å². The number of ether oxygens (including phenoxy) is 3. The first-order valence-corrected chi connectivity index (χ1v) is 28.9. The van der Waals surface area contributed by atoms with Crippen LogP contribution in [0.2, 0.25) is 0 Å². The van der Waals surface area contributed by atoms with Crippen LogP contribution in [-0.4, -0.2) is 84.2 Å². The van der Waals surface area contributed by atoms with Crippen LogP contribution in [0, 0.1) is 0 Å². The maximum atomic E-state index is 12.9. The fourth-order valence-electron chi connectivity index (χ4n) is 9.07. The van der Waals surface area contributed by atoms with Crippen molar-refractivity contribution in [1.82, 2.24) is 29.7 Å². The zero-order valence-corrected chi connectivity index (χ0v) is 45.4. The summed E-state index contributed by atoms with van der Waals surface area (Å²) < 4.78 is 142. The molecular weight excluding hydrogens is 1110 g/mol. The van der Waals surface area contributed by atoms with Crippen molar-refractivity contribution in [3.63, 3.8) is 0 Å². The number of nitrogens with zero attached hydrogens (tertiary/aromatic N) is 4. The molecule has 2 heterocycles. The molecule has 0 spiro atoms. The number of amides is 2. The molecular formula is C57H54F6N6O10S2. The van der Waals surface area contributed by atoms with Gasteiger partial charge in [-0.1, -0.05) is 38.1 Å². The number of halogens is 6. The van der Waals surface area contributed by atoms with Crippen LogP contribution in [-0.2, 0) is 45.9 Å². The number of imidazole rings is 2. The molecule has 2 fully saturated rings. The van der Waals surface area contributed by atoms with Crippen molar-refractivity contribution in [3.8, 4) is 23.0 Å². The van der Waals surface area contributed by atoms with Crippen molar-refractivity contribution in [3.05, 3.63) is 166 Å². The summed E-state index contributed by atoms with van der Waals surface area (Å²) >= 11 is 0. The SMILES string of the molecule is CCS(=O)(=O)c1ccc(CNC(=O)c2ccc3c(c2)nc(C2CC2)n3Cc2cc(O)cc(OC(F)(F)F)c2)cc1.CCS(=O)(=O)c1ccc(CNC(=O)c2ccc3c(c2)nc(C2CC2)n3Cc2cc(OC)cc(OC(F)(F)F)c2)cc1. The third-order valence-electron chi connectivity index (χ3n) is 13.5. The van der Waals surface area contributed by atoms with E-state index in [9.17, 15) is 57.9 Å². The van der Waals surface area contributed by atoms with E-state index < -0.39 is 38.1 Å². The first kappa shape index (κ1) is 57.6. The highest BCUT2D eigenvalue weighted by atomic mass is 32.2. The summed E-state index contributed by atoms with van der Waals surface area (Å²) in [6, 6.07) is 30.6. The Morgan fingerprint density at radius 3 is 1.33 bits per heavy atom. The van der Waals surface area contributed by atoms with Crippen molar-refractivity contribution < 1.29 is 72.1 Å². The van der Waals surface area contributed by atoms with E-state index in [0.29, 0.717) is 38.8 Å². The second-order valence-electron chi connectivity index (χ2n) is 19.5. The number of methoxy groups -OCH3 is 1. The second kappa shape index (κ2) is 23.2. The summed E-state index contributed by atoms with van der Waals surface area (Å²) in [4.78, 5) is 35.8. The summed E-state index contributed by atoms with van der Waals surface area (Å²) in [5.41, 5.74) is 5.83. The van der Waals surface area contributed by atoms with E-state index in [0.717, 1.165) is 60.0 Å². The number of hydrogen-bond donors (Lipinski definition) is 3. The van der Waals surface area contributed by atoms with E-state index >= 15 is 0 Å². The van der Waals surface area contributed by atoms with E-state index in [1.54, 1.807) is 80.6 Å². The number of alkyl halides is 6. The van der Waals surface area contributed by atoms with Crippen LogP contribution >= 0.6 is 0 Å². The fraction of sp³-hybridized carbons (Fsp3) is 0.298. The molecule has 81 heavy (non-hydrogen) atoms. The van der Waals surface area contributed by atoms with Gasteiger partial charge in [-0.2, -0.15) is 0 Å². The van der Waals surface area contributed by atoms with Gasteiger partial charge in [0.15, 0.2) is 19.7 Å². The van der Waals surface area contributed by atoms with E-state index in [2.05, 4.69) is 20.1 Å². The predicted octanol–water partition coefficient (Wildman–Crippen LogP) is 10.9. The number of phenols is 1. The molecule has 0 bridgehead atoms. The molecule has 0 saturated heterocycles. The van der Waals surface area contributed by atoms with E-state index in [-0.39, 0.29) is 88.4 Å². The zero-order valence-electron chi connectivity index (χ0n) is 43.8.